The molecule has 1 unspecified atom stereocenters. The molecule has 2 bridgehead atoms. The van der Waals surface area contributed by atoms with Crippen LogP contribution in [0, 0.1) is 35.5 Å². The second kappa shape index (κ2) is 30.1. The van der Waals surface area contributed by atoms with Crippen molar-refractivity contribution in [3.8, 4) is 5.75 Å². The van der Waals surface area contributed by atoms with Gasteiger partial charge in [0.25, 0.3) is 11.7 Å². The van der Waals surface area contributed by atoms with Crippen molar-refractivity contribution >= 4 is 29.2 Å². The number of nitrogens with one attached hydrogen (secondary N) is 1. The van der Waals surface area contributed by atoms with Gasteiger partial charge in [-0.25, -0.2) is 4.79 Å². The van der Waals surface area contributed by atoms with E-state index >= 15 is 0 Å². The van der Waals surface area contributed by atoms with E-state index in [4.69, 9.17) is 28.4 Å². The molecular weight excluding hydrogens is 973 g/mol. The van der Waals surface area contributed by atoms with Crippen molar-refractivity contribution in [2.45, 2.75) is 187 Å². The van der Waals surface area contributed by atoms with Gasteiger partial charge in [0, 0.05) is 64.6 Å². The average Bonchev–Trinajstić information content (AvgIpc) is 3.40. The van der Waals surface area contributed by atoms with Crippen LogP contribution in [0.25, 0.3) is 0 Å². The van der Waals surface area contributed by atoms with Crippen LogP contribution in [0.3, 0.4) is 0 Å². The van der Waals surface area contributed by atoms with Gasteiger partial charge in [-0.05, 0) is 125 Å². The molecule has 3 aliphatic heterocycles. The normalized spacial score (nSPS) is 35.1. The van der Waals surface area contributed by atoms with Crippen LogP contribution in [0.1, 0.15) is 131 Å². The highest BCUT2D eigenvalue weighted by Gasteiger charge is 2.53. The summed E-state index contributed by atoms with van der Waals surface area (Å²) in [5.41, 5.74) is 2.34. The maximum Gasteiger partial charge on any atom is 0.329 e. The summed E-state index contributed by atoms with van der Waals surface area (Å²) in [5.74, 6) is -7.41. The van der Waals surface area contributed by atoms with Crippen molar-refractivity contribution in [1.29, 1.82) is 0 Å². The minimum absolute atomic E-state index is 0.00434. The number of methoxy groups -OCH3 is 3. The Morgan fingerprint density at radius 2 is 1.58 bits per heavy atom. The minimum atomic E-state index is -2.46. The Morgan fingerprint density at radius 1 is 0.842 bits per heavy atom. The molecular formula is C60H90N2O14. The zero-order valence-corrected chi connectivity index (χ0v) is 46.9. The van der Waals surface area contributed by atoms with Gasteiger partial charge < -0.3 is 54.0 Å². The van der Waals surface area contributed by atoms with E-state index in [-0.39, 0.29) is 60.9 Å². The fourth-order valence-corrected chi connectivity index (χ4v) is 11.3. The highest BCUT2D eigenvalue weighted by molar-refractivity contribution is 6.39. The number of carbonyl (C=O) groups excluding carboxylic acids is 5. The van der Waals surface area contributed by atoms with E-state index in [2.05, 4.69) is 5.32 Å². The number of hydrogen-bond donors (Lipinski definition) is 4. The summed E-state index contributed by atoms with van der Waals surface area (Å²) in [7, 11) is 4.57. The number of cyclic esters (lactones) is 1. The first-order chi connectivity index (χ1) is 36.2. The van der Waals surface area contributed by atoms with Gasteiger partial charge >= 0.3 is 5.97 Å². The summed E-state index contributed by atoms with van der Waals surface area (Å²) < 4.78 is 34.8. The van der Waals surface area contributed by atoms with E-state index in [1.807, 2.05) is 82.3 Å². The molecule has 76 heavy (non-hydrogen) atoms. The molecule has 16 heteroatoms. The molecule has 2 saturated heterocycles. The maximum absolute atomic E-state index is 14.6. The molecule has 0 spiro atoms. The van der Waals surface area contributed by atoms with Gasteiger partial charge in [-0.3, -0.25) is 19.2 Å². The zero-order valence-electron chi connectivity index (χ0n) is 46.9. The van der Waals surface area contributed by atoms with Crippen molar-refractivity contribution in [2.24, 2.45) is 35.5 Å². The predicted octanol–water partition coefficient (Wildman–Crippen LogP) is 7.35. The Kier molecular flexibility index (Phi) is 24.7. The molecule has 1 aliphatic carbocycles. The number of ketones is 3. The second-order valence-corrected chi connectivity index (χ2v) is 22.3. The third kappa shape index (κ3) is 17.3. The number of nitrogens with zero attached hydrogens (tertiary/aromatic N) is 1. The highest BCUT2D eigenvalue weighted by atomic mass is 16.6. The Morgan fingerprint density at radius 3 is 2.28 bits per heavy atom. The quantitative estimate of drug-likeness (QED) is 0.0697. The van der Waals surface area contributed by atoms with Crippen LogP contribution in [-0.2, 0) is 54.2 Å². The first-order valence-corrected chi connectivity index (χ1v) is 27.8. The molecule has 1 aromatic carbocycles. The molecule has 4 aliphatic rings. The minimum Gasteiger partial charge on any atom is -0.491 e. The van der Waals surface area contributed by atoms with Gasteiger partial charge in [0.05, 0.1) is 24.9 Å². The molecule has 424 valence electrons. The van der Waals surface area contributed by atoms with Gasteiger partial charge in [-0.1, -0.05) is 88.8 Å². The van der Waals surface area contributed by atoms with Crippen LogP contribution in [-0.4, -0.2) is 145 Å². The molecule has 1 saturated carbocycles. The van der Waals surface area contributed by atoms with Crippen LogP contribution in [0.2, 0.25) is 0 Å². The molecule has 1 aromatic rings. The summed E-state index contributed by atoms with van der Waals surface area (Å²) in [4.78, 5) is 72.9. The lowest BCUT2D eigenvalue weighted by atomic mass is 9.78. The third-order valence-corrected chi connectivity index (χ3v) is 16.3. The number of Topliss-reactive ketones (excluding diaryl/α,β-unsaturated/α-hetero) is 3. The first kappa shape index (κ1) is 62.5. The molecule has 1 amide bonds. The van der Waals surface area contributed by atoms with Crippen LogP contribution in [0.4, 0.5) is 0 Å². The van der Waals surface area contributed by atoms with Crippen LogP contribution < -0.4 is 10.1 Å². The fraction of sp³-hybridized carbons (Fsp3) is 0.683. The van der Waals surface area contributed by atoms with Gasteiger partial charge in [-0.2, -0.15) is 0 Å². The lowest BCUT2D eigenvalue weighted by Crippen LogP contribution is -2.61. The van der Waals surface area contributed by atoms with Gasteiger partial charge in [0.1, 0.15) is 42.5 Å². The Hall–Kier alpha value is -4.39. The number of carbonyl (C=O) groups is 5. The van der Waals surface area contributed by atoms with Crippen molar-refractivity contribution in [1.82, 2.24) is 10.2 Å². The molecule has 4 N–H and O–H groups in total. The van der Waals surface area contributed by atoms with E-state index < -0.39 is 77.8 Å². The number of aliphatic hydroxyl groups excluding tert-OH is 2. The Bertz CT molecular complexity index is 2190. The molecule has 3 fully saturated rings. The van der Waals surface area contributed by atoms with Gasteiger partial charge in [0.15, 0.2) is 5.78 Å². The van der Waals surface area contributed by atoms with Crippen LogP contribution in [0.15, 0.2) is 71.9 Å². The van der Waals surface area contributed by atoms with Gasteiger partial charge in [0.2, 0.25) is 5.79 Å². The molecule has 5 rings (SSSR count). The fourth-order valence-electron chi connectivity index (χ4n) is 11.3. The lowest BCUT2D eigenvalue weighted by molar-refractivity contribution is -0.264. The molecule has 0 aromatic heterocycles. The van der Waals surface area contributed by atoms with Crippen LogP contribution >= 0.6 is 0 Å². The summed E-state index contributed by atoms with van der Waals surface area (Å²) in [5, 5.41) is 38.0. The van der Waals surface area contributed by atoms with E-state index in [0.717, 1.165) is 16.9 Å². The monoisotopic (exact) mass is 1060 g/mol. The smallest absolute Gasteiger partial charge is 0.329 e. The topological polar surface area (TPSA) is 217 Å². The predicted molar refractivity (Wildman–Crippen MR) is 289 cm³/mol. The van der Waals surface area contributed by atoms with E-state index in [9.17, 15) is 39.3 Å². The van der Waals surface area contributed by atoms with Crippen molar-refractivity contribution < 1.29 is 67.7 Å². The molecule has 16 nitrogen and oxygen atoms in total. The summed E-state index contributed by atoms with van der Waals surface area (Å²) in [6.45, 7) is 14.2. The van der Waals surface area contributed by atoms with Crippen LogP contribution in [0.5, 0.6) is 5.75 Å². The number of benzene rings is 1. The number of hydrogen-bond acceptors (Lipinski definition) is 15. The van der Waals surface area contributed by atoms with E-state index in [0.29, 0.717) is 89.5 Å². The number of ether oxygens (including phenoxy) is 6. The molecule has 15 atom stereocenters. The van der Waals surface area contributed by atoms with Gasteiger partial charge in [-0.15, -0.1) is 0 Å². The summed E-state index contributed by atoms with van der Waals surface area (Å²) >= 11 is 0. The third-order valence-electron chi connectivity index (χ3n) is 16.3. The van der Waals surface area contributed by atoms with Crippen molar-refractivity contribution in [3.05, 3.63) is 77.4 Å². The Labute approximate surface area is 452 Å². The molecule has 0 radical (unpaired) electrons. The number of esters is 1. The number of allylic oxidation sites excluding steroid dienone is 6. The molecule has 3 heterocycles. The number of rotatable bonds is 12. The number of aliphatic hydroxyl groups is 3. The lowest BCUT2D eigenvalue weighted by Gasteiger charge is -2.43. The average molecular weight is 1060 g/mol. The Balaban J connectivity index is 1.48. The second-order valence-electron chi connectivity index (χ2n) is 22.3. The van der Waals surface area contributed by atoms with Crippen molar-refractivity contribution in [2.75, 3.05) is 41.1 Å². The van der Waals surface area contributed by atoms with E-state index in [1.54, 1.807) is 41.1 Å². The zero-order chi connectivity index (χ0) is 55.7. The van der Waals surface area contributed by atoms with Crippen molar-refractivity contribution in [3.63, 3.8) is 0 Å². The summed E-state index contributed by atoms with van der Waals surface area (Å²) in [6, 6.07) is 6.30. The number of piperidine rings is 1. The largest absolute Gasteiger partial charge is 0.491 e. The first-order valence-electron chi connectivity index (χ1n) is 27.8. The number of amides is 1. The number of fused-ring (bicyclic) bond motifs is 3. The van der Waals surface area contributed by atoms with E-state index in [1.165, 1.54) is 12.0 Å². The standard InChI is InChI=1S/C60H90N2O14/c1-37-16-12-11-13-17-38(2)48(61-36-44-20-24-46(25-21-44)74-29-28-71-8)34-47-23-19-43(7)60(70,76-47)57(67)58(68)62-27-15-14-18-49(62)59(69)75-52(40(4)32-45-22-26-50(63)53(33-45)72-9)35-51(64)39(3)31-42(6)55(66)56(73-10)54(65)41(5)30-37/h11-13,16-17,20-21,24-25,31,37,39-41,43,45,47-50,52-53,55-56,61,63,66,70H,14-15,18-19,22-23,26-30,32-36H2,1-10H3/b13-11?,16-12+,38-17?,42-31+/t37-,39-,40-,41-,43-,45+,47+,48?,49+,50-,52+,53-,55-,56+,60-/m1/s1. The summed E-state index contributed by atoms with van der Waals surface area (Å²) in [6.07, 6.45) is 11.7. The SMILES string of the molecule is COCCOc1ccc(CNC2C[C@@H]3CC[C@@H](C)[C@@](O)(O3)C(=O)C(=O)N3CCCC[C@H]3C(=O)O[C@H]([C@H](C)C[C@@H]3CC[C@@H](O)[C@H](OC)C3)CC(=O)[C@H](C)/C=C(\C)[C@@H](O)[C@@H](OC)C(=O)[C@H](C)C[C@H](C)/C=C/C=CC=C2C)cc1. The maximum atomic E-state index is 14.6. The highest BCUT2D eigenvalue weighted by Crippen LogP contribution is 2.38.